The van der Waals surface area contributed by atoms with Crippen molar-refractivity contribution in [2.24, 2.45) is 0 Å². The van der Waals surface area contributed by atoms with Gasteiger partial charge in [-0.3, -0.25) is 9.69 Å². The third kappa shape index (κ3) is 3.72. The molecule has 0 saturated carbocycles. The number of hydrogen-bond acceptors (Lipinski definition) is 3. The number of anilines is 1. The fourth-order valence-corrected chi connectivity index (χ4v) is 3.48. The summed E-state index contributed by atoms with van der Waals surface area (Å²) in [5, 5.41) is 0.625. The largest absolute Gasteiger partial charge is 0.270 e. The van der Waals surface area contributed by atoms with Crippen LogP contribution in [0, 0.1) is 0 Å². The van der Waals surface area contributed by atoms with Crippen molar-refractivity contribution >= 4 is 57.6 Å². The normalized spacial score (nSPS) is 16.7. The second-order valence-corrected chi connectivity index (χ2v) is 6.90. The topological polar surface area (TPSA) is 20.3 Å². The van der Waals surface area contributed by atoms with Crippen molar-refractivity contribution in [3.8, 4) is 0 Å². The number of thiocarbonyl (C=S) groups is 1. The number of nitrogens with zero attached hydrogens (tertiary/aromatic N) is 1. The minimum absolute atomic E-state index is 0.111. The van der Waals surface area contributed by atoms with Crippen molar-refractivity contribution in [2.75, 3.05) is 4.90 Å². The molecule has 0 aliphatic carbocycles. The zero-order valence-corrected chi connectivity index (χ0v) is 14.4. The van der Waals surface area contributed by atoms with E-state index in [2.05, 4.69) is 0 Å². The number of carbonyl (C=O) groups is 1. The summed E-state index contributed by atoms with van der Waals surface area (Å²) in [7, 11) is 0. The fourth-order valence-electron chi connectivity index (χ4n) is 2.11. The zero-order chi connectivity index (χ0) is 16.2. The van der Waals surface area contributed by atoms with E-state index in [0.717, 1.165) is 11.3 Å². The van der Waals surface area contributed by atoms with Crippen LogP contribution in [0.4, 0.5) is 5.69 Å². The number of halogens is 1. The summed E-state index contributed by atoms with van der Waals surface area (Å²) in [5.41, 5.74) is 1.81. The second-order valence-electron chi connectivity index (χ2n) is 4.79. The van der Waals surface area contributed by atoms with Gasteiger partial charge in [0.1, 0.15) is 0 Å². The first kappa shape index (κ1) is 16.0. The molecule has 0 atom stereocenters. The molecule has 0 N–H and O–H groups in total. The fraction of sp³-hybridized carbons (Fsp3) is 0. The molecule has 2 aromatic carbocycles. The molecule has 0 radical (unpaired) electrons. The van der Waals surface area contributed by atoms with Crippen molar-refractivity contribution in [1.82, 2.24) is 0 Å². The molecule has 3 rings (SSSR count). The first-order valence-electron chi connectivity index (χ1n) is 6.90. The van der Waals surface area contributed by atoms with Crippen LogP contribution in [0.2, 0.25) is 5.02 Å². The van der Waals surface area contributed by atoms with E-state index in [-0.39, 0.29) is 5.91 Å². The van der Waals surface area contributed by atoms with E-state index in [1.807, 2.05) is 42.5 Å². The number of hydrogen-bond donors (Lipinski definition) is 0. The average Bonchev–Trinajstić information content (AvgIpc) is 2.84. The van der Waals surface area contributed by atoms with Crippen LogP contribution in [0.5, 0.6) is 0 Å². The number of thioether (sulfide) groups is 1. The molecule has 1 saturated heterocycles. The van der Waals surface area contributed by atoms with Gasteiger partial charge >= 0.3 is 0 Å². The van der Waals surface area contributed by atoms with E-state index in [4.69, 9.17) is 23.8 Å². The van der Waals surface area contributed by atoms with Gasteiger partial charge in [0.15, 0.2) is 4.32 Å². The lowest BCUT2D eigenvalue weighted by atomic mass is 10.2. The quantitative estimate of drug-likeness (QED) is 0.549. The van der Waals surface area contributed by atoms with Gasteiger partial charge < -0.3 is 0 Å². The van der Waals surface area contributed by atoms with Crippen LogP contribution >= 0.6 is 35.6 Å². The molecule has 1 amide bonds. The Morgan fingerprint density at radius 3 is 2.43 bits per heavy atom. The summed E-state index contributed by atoms with van der Waals surface area (Å²) >= 11 is 12.5. The third-order valence-electron chi connectivity index (χ3n) is 3.21. The van der Waals surface area contributed by atoms with Crippen LogP contribution in [0.3, 0.4) is 0 Å². The average molecular weight is 358 g/mol. The van der Waals surface area contributed by atoms with Gasteiger partial charge in [-0.1, -0.05) is 78.1 Å². The van der Waals surface area contributed by atoms with Crippen LogP contribution in [-0.2, 0) is 4.79 Å². The minimum Gasteiger partial charge on any atom is -0.268 e. The third-order valence-corrected chi connectivity index (χ3v) is 4.79. The smallest absolute Gasteiger partial charge is 0.268 e. The molecule has 0 bridgehead atoms. The first-order valence-corrected chi connectivity index (χ1v) is 8.51. The SMILES string of the molecule is O=C1C(=C/C=C/c2ccccc2)SC(=S)N1c1ccc(Cl)cc1. The summed E-state index contributed by atoms with van der Waals surface area (Å²) < 4.78 is 0.525. The molecular formula is C18H12ClNOS2. The summed E-state index contributed by atoms with van der Waals surface area (Å²) in [6.07, 6.45) is 5.61. The van der Waals surface area contributed by atoms with Gasteiger partial charge in [0.05, 0.1) is 10.6 Å². The Labute approximate surface area is 149 Å². The highest BCUT2D eigenvalue weighted by Gasteiger charge is 2.32. The predicted octanol–water partition coefficient (Wildman–Crippen LogP) is 5.30. The Morgan fingerprint density at radius 1 is 1.04 bits per heavy atom. The lowest BCUT2D eigenvalue weighted by Gasteiger charge is -2.14. The molecule has 5 heteroatoms. The van der Waals surface area contributed by atoms with Crippen LogP contribution < -0.4 is 4.90 Å². The van der Waals surface area contributed by atoms with Crippen LogP contribution in [0.25, 0.3) is 6.08 Å². The number of allylic oxidation sites excluding steroid dienone is 2. The highest BCUT2D eigenvalue weighted by atomic mass is 35.5. The van der Waals surface area contributed by atoms with E-state index < -0.39 is 0 Å². The minimum atomic E-state index is -0.111. The van der Waals surface area contributed by atoms with Gasteiger partial charge in [-0.2, -0.15) is 0 Å². The van der Waals surface area contributed by atoms with Crippen LogP contribution in [0.1, 0.15) is 5.56 Å². The van der Waals surface area contributed by atoms with Crippen LogP contribution in [-0.4, -0.2) is 10.2 Å². The molecule has 0 aromatic heterocycles. The van der Waals surface area contributed by atoms with Gasteiger partial charge in [0.2, 0.25) is 0 Å². The highest BCUT2D eigenvalue weighted by Crippen LogP contribution is 2.35. The van der Waals surface area contributed by atoms with E-state index >= 15 is 0 Å². The maximum Gasteiger partial charge on any atom is 0.270 e. The number of benzene rings is 2. The Morgan fingerprint density at radius 2 is 1.74 bits per heavy atom. The molecule has 1 aliphatic heterocycles. The van der Waals surface area contributed by atoms with Gasteiger partial charge in [0.25, 0.3) is 5.91 Å². The van der Waals surface area contributed by atoms with E-state index in [0.29, 0.717) is 14.2 Å². The molecule has 1 aliphatic rings. The number of carbonyl (C=O) groups excluding carboxylic acids is 1. The summed E-state index contributed by atoms with van der Waals surface area (Å²) in [6, 6.07) is 17.0. The Kier molecular flexibility index (Phi) is 4.96. The number of rotatable bonds is 3. The molecular weight excluding hydrogens is 346 g/mol. The van der Waals surface area contributed by atoms with Crippen molar-refractivity contribution in [2.45, 2.75) is 0 Å². The van der Waals surface area contributed by atoms with Gasteiger partial charge in [-0.25, -0.2) is 0 Å². The highest BCUT2D eigenvalue weighted by molar-refractivity contribution is 8.27. The zero-order valence-electron chi connectivity index (χ0n) is 12.0. The molecule has 0 unspecified atom stereocenters. The van der Waals surface area contributed by atoms with Crippen molar-refractivity contribution in [1.29, 1.82) is 0 Å². The lowest BCUT2D eigenvalue weighted by molar-refractivity contribution is -0.113. The monoisotopic (exact) mass is 357 g/mol. The molecule has 0 spiro atoms. The van der Waals surface area contributed by atoms with E-state index in [1.165, 1.54) is 16.7 Å². The maximum atomic E-state index is 12.5. The number of amides is 1. The second kappa shape index (κ2) is 7.13. The molecule has 23 heavy (non-hydrogen) atoms. The summed E-state index contributed by atoms with van der Waals surface area (Å²) in [5.74, 6) is -0.111. The molecule has 2 nitrogen and oxygen atoms in total. The van der Waals surface area contributed by atoms with Crippen molar-refractivity contribution in [3.63, 3.8) is 0 Å². The molecule has 2 aromatic rings. The van der Waals surface area contributed by atoms with Gasteiger partial charge in [-0.05, 0) is 35.9 Å². The van der Waals surface area contributed by atoms with E-state index in [1.54, 1.807) is 30.3 Å². The summed E-state index contributed by atoms with van der Waals surface area (Å²) in [6.45, 7) is 0. The van der Waals surface area contributed by atoms with Crippen molar-refractivity contribution < 1.29 is 4.79 Å². The molecule has 114 valence electrons. The van der Waals surface area contributed by atoms with Crippen molar-refractivity contribution in [3.05, 3.63) is 82.2 Å². The summed E-state index contributed by atoms with van der Waals surface area (Å²) in [4.78, 5) is 14.7. The predicted molar refractivity (Wildman–Crippen MR) is 103 cm³/mol. The van der Waals surface area contributed by atoms with Gasteiger partial charge in [-0.15, -0.1) is 0 Å². The van der Waals surface area contributed by atoms with Gasteiger partial charge in [0, 0.05) is 5.02 Å². The maximum absolute atomic E-state index is 12.5. The van der Waals surface area contributed by atoms with E-state index in [9.17, 15) is 4.79 Å². The Balaban J connectivity index is 1.79. The lowest BCUT2D eigenvalue weighted by Crippen LogP contribution is -2.27. The standard InChI is InChI=1S/C18H12ClNOS2/c19-14-9-11-15(12-10-14)20-17(21)16(23-18(20)22)8-4-7-13-5-2-1-3-6-13/h1-12H/b7-4+,16-8?. The Bertz CT molecular complexity index is 798. The van der Waals surface area contributed by atoms with Crippen LogP contribution in [0.15, 0.2) is 71.7 Å². The molecule has 1 heterocycles. The Hall–Kier alpha value is -1.88. The molecule has 1 fully saturated rings. The first-order chi connectivity index (χ1) is 11.1.